The number of halogens is 3. The molecule has 1 amide bonds. The Kier molecular flexibility index (Phi) is 7.02. The minimum absolute atomic E-state index is 0.0418. The van der Waals surface area contributed by atoms with E-state index in [1.807, 2.05) is 0 Å². The quantitative estimate of drug-likeness (QED) is 0.531. The summed E-state index contributed by atoms with van der Waals surface area (Å²) in [7, 11) is 1.34. The fraction of sp³-hybridized carbons (Fsp3) is 0.565. The van der Waals surface area contributed by atoms with Gasteiger partial charge in [0.25, 0.3) is 5.91 Å². The molecule has 2 aromatic rings. The second-order valence-electron chi connectivity index (χ2n) is 8.92. The number of carbonyl (C=O) groups is 2. The number of aliphatic carboxylic acids is 1. The molecule has 9 nitrogen and oxygen atoms in total. The molecular weight excluding hydrogens is 469 g/mol. The van der Waals surface area contributed by atoms with Crippen LogP contribution in [0.2, 0.25) is 0 Å². The predicted octanol–water partition coefficient (Wildman–Crippen LogP) is 3.39. The number of ether oxygens (including phenoxy) is 2. The van der Waals surface area contributed by atoms with Crippen LogP contribution in [0.4, 0.5) is 13.2 Å². The van der Waals surface area contributed by atoms with Crippen molar-refractivity contribution in [2.75, 3.05) is 26.8 Å². The van der Waals surface area contributed by atoms with Crippen LogP contribution in [0.15, 0.2) is 24.4 Å². The number of rotatable bonds is 9. The molecule has 0 bridgehead atoms. The third kappa shape index (κ3) is 4.97. The van der Waals surface area contributed by atoms with E-state index in [0.29, 0.717) is 30.5 Å². The number of likely N-dealkylation sites (tertiary alicyclic amines) is 1. The number of carboxylic acid groups (broad SMARTS) is 1. The average Bonchev–Trinajstić information content (AvgIpc) is 3.45. The summed E-state index contributed by atoms with van der Waals surface area (Å²) in [5.41, 5.74) is -1.77. The minimum Gasteiger partial charge on any atom is -0.496 e. The maximum absolute atomic E-state index is 13.5. The summed E-state index contributed by atoms with van der Waals surface area (Å²) < 4.78 is 53.2. The van der Waals surface area contributed by atoms with Crippen LogP contribution in [-0.4, -0.2) is 76.0 Å². The average molecular weight is 496 g/mol. The standard InChI is InChI=1S/C23H27F3N4O5/c1-34-19-12-15(18-13-30(28-27-18)9-3-11-35-16-4-2-5-16)6-7-17(19)20(31)29-10-8-22(14-29,21(32)33)23(24,25)26/h6-7,12-13,16H,2-5,8-11,14H2,1H3,(H,32,33). The van der Waals surface area contributed by atoms with Gasteiger partial charge in [-0.1, -0.05) is 11.3 Å². The van der Waals surface area contributed by atoms with Crippen LogP contribution in [-0.2, 0) is 16.1 Å². The van der Waals surface area contributed by atoms with Crippen molar-refractivity contribution in [3.63, 3.8) is 0 Å². The van der Waals surface area contributed by atoms with Crippen molar-refractivity contribution in [3.8, 4) is 17.0 Å². The van der Waals surface area contributed by atoms with E-state index < -0.39 is 36.4 Å². The first-order chi connectivity index (χ1) is 16.6. The van der Waals surface area contributed by atoms with Crippen LogP contribution in [0.3, 0.4) is 0 Å². The molecule has 12 heteroatoms. The molecule has 0 spiro atoms. The molecule has 1 aliphatic carbocycles. The van der Waals surface area contributed by atoms with Gasteiger partial charge in [0.1, 0.15) is 11.4 Å². The number of carboxylic acids is 1. The van der Waals surface area contributed by atoms with E-state index in [1.54, 1.807) is 23.0 Å². The molecule has 2 fully saturated rings. The molecule has 1 saturated carbocycles. The molecule has 35 heavy (non-hydrogen) atoms. The maximum atomic E-state index is 13.5. The van der Waals surface area contributed by atoms with E-state index >= 15 is 0 Å². The molecule has 2 heterocycles. The van der Waals surface area contributed by atoms with Gasteiger partial charge in [0.05, 0.1) is 25.0 Å². The number of hydrogen-bond acceptors (Lipinski definition) is 6. The molecule has 1 aliphatic heterocycles. The largest absolute Gasteiger partial charge is 0.496 e. The lowest BCUT2D eigenvalue weighted by Crippen LogP contribution is -2.47. The molecule has 1 unspecified atom stereocenters. The van der Waals surface area contributed by atoms with E-state index in [0.717, 1.165) is 24.2 Å². The first-order valence-electron chi connectivity index (χ1n) is 11.4. The molecular formula is C23H27F3N4O5. The van der Waals surface area contributed by atoms with Gasteiger partial charge in [-0.25, -0.2) is 0 Å². The van der Waals surface area contributed by atoms with E-state index in [2.05, 4.69) is 10.3 Å². The zero-order valence-corrected chi connectivity index (χ0v) is 19.3. The number of hydrogen-bond donors (Lipinski definition) is 1. The molecule has 1 aromatic heterocycles. The number of nitrogens with zero attached hydrogens (tertiary/aromatic N) is 4. The molecule has 4 rings (SSSR count). The summed E-state index contributed by atoms with van der Waals surface area (Å²) in [6.07, 6.45) is 0.711. The van der Waals surface area contributed by atoms with Crippen LogP contribution < -0.4 is 4.74 Å². The predicted molar refractivity (Wildman–Crippen MR) is 117 cm³/mol. The summed E-state index contributed by atoms with van der Waals surface area (Å²) >= 11 is 0. The highest BCUT2D eigenvalue weighted by Gasteiger charge is 2.64. The number of amides is 1. The topological polar surface area (TPSA) is 107 Å². The second-order valence-corrected chi connectivity index (χ2v) is 8.92. The second kappa shape index (κ2) is 9.84. The van der Waals surface area contributed by atoms with Crippen molar-refractivity contribution >= 4 is 11.9 Å². The number of aromatic nitrogens is 3. The number of carbonyl (C=O) groups excluding carboxylic acids is 1. The van der Waals surface area contributed by atoms with Crippen molar-refractivity contribution < 1.29 is 37.3 Å². The van der Waals surface area contributed by atoms with E-state index in [1.165, 1.54) is 19.6 Å². The highest BCUT2D eigenvalue weighted by molar-refractivity contribution is 5.98. The normalized spacial score (nSPS) is 20.6. The van der Waals surface area contributed by atoms with Gasteiger partial charge in [-0.3, -0.25) is 14.3 Å². The monoisotopic (exact) mass is 496 g/mol. The van der Waals surface area contributed by atoms with Crippen LogP contribution in [0.25, 0.3) is 11.3 Å². The van der Waals surface area contributed by atoms with Crippen molar-refractivity contribution in [1.29, 1.82) is 0 Å². The Labute approximate surface area is 199 Å². The molecule has 0 radical (unpaired) electrons. The molecule has 1 aromatic carbocycles. The summed E-state index contributed by atoms with van der Waals surface area (Å²) in [6.45, 7) is 0.00804. The molecule has 2 aliphatic rings. The third-order valence-electron chi connectivity index (χ3n) is 6.71. The summed E-state index contributed by atoms with van der Waals surface area (Å²) in [5, 5.41) is 17.5. The molecule has 1 atom stereocenters. The summed E-state index contributed by atoms with van der Waals surface area (Å²) in [5.74, 6) is -2.56. The maximum Gasteiger partial charge on any atom is 0.406 e. The SMILES string of the molecule is COc1cc(-c2cn(CCCOC3CCC3)nn2)ccc1C(=O)N1CCC(C(=O)O)(C(F)(F)F)C1. The zero-order chi connectivity index (χ0) is 25.2. The summed E-state index contributed by atoms with van der Waals surface area (Å²) in [4.78, 5) is 25.3. The fourth-order valence-electron chi connectivity index (χ4n) is 4.26. The fourth-order valence-corrected chi connectivity index (χ4v) is 4.26. The highest BCUT2D eigenvalue weighted by atomic mass is 19.4. The van der Waals surface area contributed by atoms with Gasteiger partial charge < -0.3 is 19.5 Å². The Bertz CT molecular complexity index is 1090. The first-order valence-corrected chi connectivity index (χ1v) is 11.4. The van der Waals surface area contributed by atoms with Crippen LogP contribution in [0, 0.1) is 5.41 Å². The van der Waals surface area contributed by atoms with E-state index in [9.17, 15) is 27.9 Å². The van der Waals surface area contributed by atoms with Crippen molar-refractivity contribution in [3.05, 3.63) is 30.0 Å². The minimum atomic E-state index is -4.98. The van der Waals surface area contributed by atoms with Gasteiger partial charge in [-0.05, 0) is 44.2 Å². The van der Waals surface area contributed by atoms with Gasteiger partial charge >= 0.3 is 12.1 Å². The number of aryl methyl sites for hydroxylation is 1. The third-order valence-corrected chi connectivity index (χ3v) is 6.71. The van der Waals surface area contributed by atoms with Crippen molar-refractivity contribution in [2.45, 2.75) is 50.9 Å². The molecule has 1 N–H and O–H groups in total. The van der Waals surface area contributed by atoms with Crippen molar-refractivity contribution in [1.82, 2.24) is 19.9 Å². The van der Waals surface area contributed by atoms with Gasteiger partial charge in [-0.15, -0.1) is 5.10 Å². The lowest BCUT2D eigenvalue weighted by Gasteiger charge is -2.27. The first kappa shape index (κ1) is 25.0. The Hall–Kier alpha value is -3.15. The lowest BCUT2D eigenvalue weighted by atomic mass is 9.86. The van der Waals surface area contributed by atoms with Crippen LogP contribution >= 0.6 is 0 Å². The lowest BCUT2D eigenvalue weighted by molar-refractivity contribution is -0.227. The number of benzene rings is 1. The summed E-state index contributed by atoms with van der Waals surface area (Å²) in [6, 6.07) is 4.61. The molecule has 1 saturated heterocycles. The van der Waals surface area contributed by atoms with Crippen LogP contribution in [0.5, 0.6) is 5.75 Å². The number of methoxy groups -OCH3 is 1. The van der Waals surface area contributed by atoms with Gasteiger partial charge in [0, 0.05) is 31.8 Å². The Balaban J connectivity index is 1.43. The highest BCUT2D eigenvalue weighted by Crippen LogP contribution is 2.46. The zero-order valence-electron chi connectivity index (χ0n) is 19.3. The van der Waals surface area contributed by atoms with E-state index in [-0.39, 0.29) is 17.9 Å². The smallest absolute Gasteiger partial charge is 0.406 e. The molecule has 190 valence electrons. The van der Waals surface area contributed by atoms with Gasteiger partial charge in [-0.2, -0.15) is 13.2 Å². The van der Waals surface area contributed by atoms with Crippen LogP contribution in [0.1, 0.15) is 42.5 Å². The van der Waals surface area contributed by atoms with Crippen molar-refractivity contribution in [2.24, 2.45) is 5.41 Å². The van der Waals surface area contributed by atoms with Gasteiger partial charge in [0.15, 0.2) is 5.41 Å². The number of alkyl halides is 3. The Morgan fingerprint density at radius 1 is 1.29 bits per heavy atom. The Morgan fingerprint density at radius 2 is 2.06 bits per heavy atom. The van der Waals surface area contributed by atoms with Gasteiger partial charge in [0.2, 0.25) is 0 Å². The Morgan fingerprint density at radius 3 is 2.66 bits per heavy atom. The van der Waals surface area contributed by atoms with E-state index in [4.69, 9.17) is 9.47 Å².